The van der Waals surface area contributed by atoms with Gasteiger partial charge in [0.2, 0.25) is 5.69 Å². The summed E-state index contributed by atoms with van der Waals surface area (Å²) in [5.74, 6) is -0.243. The van der Waals surface area contributed by atoms with Gasteiger partial charge in [0.1, 0.15) is 17.3 Å². The molecular formula is C26H23FN4O5. The number of nitrogens with zero attached hydrogens (tertiary/aromatic N) is 3. The number of hydrogen-bond donors (Lipinski definition) is 1. The zero-order chi connectivity index (χ0) is 25.7. The van der Waals surface area contributed by atoms with Gasteiger partial charge in [0, 0.05) is 12.6 Å². The van der Waals surface area contributed by atoms with Gasteiger partial charge in [-0.25, -0.2) is 9.18 Å². The molecule has 0 saturated heterocycles. The molecular weight excluding hydrogens is 467 g/mol. The zero-order valence-electron chi connectivity index (χ0n) is 19.6. The molecule has 0 unspecified atom stereocenters. The highest BCUT2D eigenvalue weighted by molar-refractivity contribution is 5.91. The van der Waals surface area contributed by atoms with E-state index >= 15 is 0 Å². The second-order valence-electron chi connectivity index (χ2n) is 7.80. The van der Waals surface area contributed by atoms with Crippen LogP contribution in [0.5, 0.6) is 11.5 Å². The van der Waals surface area contributed by atoms with Crippen LogP contribution >= 0.6 is 0 Å². The summed E-state index contributed by atoms with van der Waals surface area (Å²) in [5, 5.41) is 6.66. The van der Waals surface area contributed by atoms with E-state index < -0.39 is 28.7 Å². The van der Waals surface area contributed by atoms with Crippen LogP contribution in [0.2, 0.25) is 0 Å². The van der Waals surface area contributed by atoms with Crippen molar-refractivity contribution in [3.05, 3.63) is 116 Å². The van der Waals surface area contributed by atoms with Crippen LogP contribution in [-0.2, 0) is 13.1 Å². The highest BCUT2D eigenvalue weighted by Crippen LogP contribution is 2.15. The smallest absolute Gasteiger partial charge is 0.352 e. The maximum Gasteiger partial charge on any atom is 0.352 e. The Morgan fingerprint density at radius 2 is 1.58 bits per heavy atom. The van der Waals surface area contributed by atoms with Crippen molar-refractivity contribution in [1.82, 2.24) is 19.7 Å². The molecule has 0 aliphatic carbocycles. The van der Waals surface area contributed by atoms with Gasteiger partial charge in [-0.05, 0) is 47.5 Å². The minimum Gasteiger partial charge on any atom is -0.497 e. The third-order valence-electron chi connectivity index (χ3n) is 5.39. The summed E-state index contributed by atoms with van der Waals surface area (Å²) in [6.07, 6.45) is 0. The SMILES string of the molecule is COc1cccc(Cn2c(=O)c(C(=O)NCc3cccc(F)c3)nn(-c3cccc(OC)c3)c2=O)c1. The molecule has 0 atom stereocenters. The lowest BCUT2D eigenvalue weighted by Gasteiger charge is -2.13. The van der Waals surface area contributed by atoms with E-state index in [1.807, 2.05) is 0 Å². The molecule has 9 nitrogen and oxygen atoms in total. The summed E-state index contributed by atoms with van der Waals surface area (Å²) in [5.41, 5.74) is -0.671. The van der Waals surface area contributed by atoms with Crippen molar-refractivity contribution in [2.75, 3.05) is 14.2 Å². The number of nitrogens with one attached hydrogen (secondary N) is 1. The summed E-state index contributed by atoms with van der Waals surface area (Å²) in [4.78, 5) is 39.6. The zero-order valence-corrected chi connectivity index (χ0v) is 19.6. The topological polar surface area (TPSA) is 104 Å². The average Bonchev–Trinajstić information content (AvgIpc) is 2.90. The average molecular weight is 490 g/mol. The number of halogens is 1. The number of hydrogen-bond acceptors (Lipinski definition) is 6. The fourth-order valence-corrected chi connectivity index (χ4v) is 3.57. The van der Waals surface area contributed by atoms with Crippen molar-refractivity contribution < 1.29 is 18.7 Å². The molecule has 184 valence electrons. The Hall–Kier alpha value is -4.73. The number of benzene rings is 3. The molecule has 0 aliphatic rings. The standard InChI is InChI=1S/C26H23FN4O5/c1-35-21-10-4-7-18(13-21)16-30-25(33)23(24(32)28-15-17-6-3-8-19(27)12-17)29-31(26(30)34)20-9-5-11-22(14-20)36-2/h3-14H,15-16H2,1-2H3,(H,28,32). The van der Waals surface area contributed by atoms with E-state index in [1.54, 1.807) is 54.6 Å². The van der Waals surface area contributed by atoms with E-state index in [9.17, 15) is 18.8 Å². The normalized spacial score (nSPS) is 10.6. The first-order valence-electron chi connectivity index (χ1n) is 10.9. The Balaban J connectivity index is 1.79. The summed E-state index contributed by atoms with van der Waals surface area (Å²) < 4.78 is 25.9. The Bertz CT molecular complexity index is 1530. The first kappa shape index (κ1) is 24.4. The largest absolute Gasteiger partial charge is 0.497 e. The van der Waals surface area contributed by atoms with Crippen molar-refractivity contribution in [2.24, 2.45) is 0 Å². The third-order valence-corrected chi connectivity index (χ3v) is 5.39. The van der Waals surface area contributed by atoms with Gasteiger partial charge in [-0.15, -0.1) is 0 Å². The predicted octanol–water partition coefficient (Wildman–Crippen LogP) is 2.53. The van der Waals surface area contributed by atoms with Gasteiger partial charge < -0.3 is 14.8 Å². The molecule has 10 heteroatoms. The Morgan fingerprint density at radius 1 is 0.917 bits per heavy atom. The molecule has 0 radical (unpaired) electrons. The van der Waals surface area contributed by atoms with Gasteiger partial charge >= 0.3 is 5.69 Å². The maximum atomic E-state index is 13.5. The quantitative estimate of drug-likeness (QED) is 0.407. The van der Waals surface area contributed by atoms with Gasteiger partial charge in [-0.2, -0.15) is 9.78 Å². The predicted molar refractivity (Wildman–Crippen MR) is 130 cm³/mol. The maximum absolute atomic E-state index is 13.5. The lowest BCUT2D eigenvalue weighted by molar-refractivity contribution is 0.0941. The molecule has 0 fully saturated rings. The van der Waals surface area contributed by atoms with Gasteiger partial charge in [0.25, 0.3) is 11.5 Å². The Morgan fingerprint density at radius 3 is 2.31 bits per heavy atom. The molecule has 3 aromatic carbocycles. The van der Waals surface area contributed by atoms with Crippen molar-refractivity contribution in [3.8, 4) is 17.2 Å². The number of carbonyl (C=O) groups is 1. The monoisotopic (exact) mass is 490 g/mol. The molecule has 1 amide bonds. The van der Waals surface area contributed by atoms with Crippen LogP contribution in [0.3, 0.4) is 0 Å². The van der Waals surface area contributed by atoms with Crippen LogP contribution in [0.25, 0.3) is 5.69 Å². The molecule has 0 spiro atoms. The van der Waals surface area contributed by atoms with E-state index in [0.717, 1.165) is 9.25 Å². The number of rotatable bonds is 8. The van der Waals surface area contributed by atoms with Crippen molar-refractivity contribution >= 4 is 5.91 Å². The highest BCUT2D eigenvalue weighted by Gasteiger charge is 2.21. The Labute approximate surface area is 205 Å². The van der Waals surface area contributed by atoms with Crippen LogP contribution in [0.4, 0.5) is 4.39 Å². The van der Waals surface area contributed by atoms with E-state index in [0.29, 0.717) is 28.3 Å². The van der Waals surface area contributed by atoms with Crippen molar-refractivity contribution in [2.45, 2.75) is 13.1 Å². The van der Waals surface area contributed by atoms with Crippen LogP contribution in [-0.4, -0.2) is 34.5 Å². The fraction of sp³-hybridized carbons (Fsp3) is 0.154. The van der Waals surface area contributed by atoms with E-state index in [-0.39, 0.29) is 13.1 Å². The van der Waals surface area contributed by atoms with Gasteiger partial charge in [-0.1, -0.05) is 30.3 Å². The molecule has 1 N–H and O–H groups in total. The lowest BCUT2D eigenvalue weighted by Crippen LogP contribution is -2.46. The number of amides is 1. The van der Waals surface area contributed by atoms with Crippen LogP contribution in [0.15, 0.2) is 82.4 Å². The van der Waals surface area contributed by atoms with Crippen LogP contribution in [0, 0.1) is 5.82 Å². The van der Waals surface area contributed by atoms with E-state index in [2.05, 4.69) is 10.4 Å². The number of aromatic nitrogens is 3. The van der Waals surface area contributed by atoms with Crippen LogP contribution in [0.1, 0.15) is 21.6 Å². The summed E-state index contributed by atoms with van der Waals surface area (Å²) >= 11 is 0. The van der Waals surface area contributed by atoms with E-state index in [1.165, 1.54) is 32.4 Å². The fourth-order valence-electron chi connectivity index (χ4n) is 3.57. The molecule has 4 rings (SSSR count). The molecule has 4 aromatic rings. The van der Waals surface area contributed by atoms with Crippen molar-refractivity contribution in [3.63, 3.8) is 0 Å². The summed E-state index contributed by atoms with van der Waals surface area (Å²) in [6, 6.07) is 19.1. The molecule has 0 aliphatic heterocycles. The number of methoxy groups -OCH3 is 2. The minimum atomic E-state index is -0.862. The Kier molecular flexibility index (Phi) is 7.24. The molecule has 0 saturated carbocycles. The number of carbonyl (C=O) groups excluding carboxylic acids is 1. The second-order valence-corrected chi connectivity index (χ2v) is 7.80. The highest BCUT2D eigenvalue weighted by atomic mass is 19.1. The first-order valence-corrected chi connectivity index (χ1v) is 10.9. The lowest BCUT2D eigenvalue weighted by atomic mass is 10.2. The summed E-state index contributed by atoms with van der Waals surface area (Å²) in [7, 11) is 2.98. The minimum absolute atomic E-state index is 0.0358. The third kappa shape index (κ3) is 5.33. The summed E-state index contributed by atoms with van der Waals surface area (Å²) in [6.45, 7) is -0.155. The van der Waals surface area contributed by atoms with Gasteiger partial charge in [-0.3, -0.25) is 14.2 Å². The molecule has 1 heterocycles. The van der Waals surface area contributed by atoms with E-state index in [4.69, 9.17) is 9.47 Å². The molecule has 1 aromatic heterocycles. The first-order chi connectivity index (χ1) is 17.4. The van der Waals surface area contributed by atoms with Gasteiger partial charge in [0.05, 0.1) is 26.5 Å². The molecule has 0 bridgehead atoms. The van der Waals surface area contributed by atoms with Crippen LogP contribution < -0.4 is 26.0 Å². The number of ether oxygens (including phenoxy) is 2. The van der Waals surface area contributed by atoms with Gasteiger partial charge in [0.15, 0.2) is 0 Å². The van der Waals surface area contributed by atoms with Crippen molar-refractivity contribution in [1.29, 1.82) is 0 Å². The molecule has 36 heavy (non-hydrogen) atoms. The second kappa shape index (κ2) is 10.7.